The van der Waals surface area contributed by atoms with Crippen LogP contribution in [0.4, 0.5) is 0 Å². The van der Waals surface area contributed by atoms with Crippen molar-refractivity contribution in [1.82, 2.24) is 29.8 Å². The summed E-state index contributed by atoms with van der Waals surface area (Å²) in [5.74, 6) is 6.71. The number of rotatable bonds is 3. The average molecular weight is 327 g/mol. The highest BCUT2D eigenvalue weighted by Gasteiger charge is 2.14. The molecule has 22 heavy (non-hydrogen) atoms. The minimum atomic E-state index is 0.569. The Labute approximate surface area is 133 Å². The molecule has 7 nitrogen and oxygen atoms in total. The first-order valence-corrected chi connectivity index (χ1v) is 8.01. The zero-order valence-electron chi connectivity index (χ0n) is 11.1. The summed E-state index contributed by atoms with van der Waals surface area (Å²) in [6.07, 6.45) is 3.25. The van der Waals surface area contributed by atoms with E-state index in [0.717, 1.165) is 15.4 Å². The van der Waals surface area contributed by atoms with Gasteiger partial charge in [0.15, 0.2) is 11.5 Å². The van der Waals surface area contributed by atoms with Crippen molar-refractivity contribution >= 4 is 34.3 Å². The molecule has 4 aromatic heterocycles. The van der Waals surface area contributed by atoms with Gasteiger partial charge in [0.2, 0.25) is 5.16 Å². The van der Waals surface area contributed by atoms with Gasteiger partial charge >= 0.3 is 0 Å². The highest BCUT2D eigenvalue weighted by molar-refractivity contribution is 7.99. The van der Waals surface area contributed by atoms with Crippen LogP contribution in [0.25, 0.3) is 21.9 Å². The molecule has 4 heterocycles. The van der Waals surface area contributed by atoms with Crippen molar-refractivity contribution in [1.29, 1.82) is 0 Å². The summed E-state index contributed by atoms with van der Waals surface area (Å²) in [7, 11) is 0. The normalized spacial score (nSPS) is 11.1. The summed E-state index contributed by atoms with van der Waals surface area (Å²) in [6, 6.07) is 7.64. The van der Waals surface area contributed by atoms with Crippen molar-refractivity contribution in [3.8, 4) is 10.7 Å². The molecular weight excluding hydrogens is 318 g/mol. The van der Waals surface area contributed by atoms with Crippen molar-refractivity contribution < 1.29 is 0 Å². The number of hydrogen-bond donors (Lipinski definition) is 1. The van der Waals surface area contributed by atoms with E-state index in [1.54, 1.807) is 23.7 Å². The molecule has 0 saturated heterocycles. The molecule has 0 fully saturated rings. The van der Waals surface area contributed by atoms with Gasteiger partial charge in [0, 0.05) is 12.4 Å². The first-order chi connectivity index (χ1) is 10.8. The van der Waals surface area contributed by atoms with Gasteiger partial charge in [0.1, 0.15) is 10.5 Å². The van der Waals surface area contributed by atoms with Crippen LogP contribution in [0.3, 0.4) is 0 Å². The zero-order valence-corrected chi connectivity index (χ0v) is 12.8. The summed E-state index contributed by atoms with van der Waals surface area (Å²) >= 11 is 2.90. The van der Waals surface area contributed by atoms with Crippen LogP contribution in [0.5, 0.6) is 0 Å². The number of fused-ring (bicyclic) bond motifs is 1. The summed E-state index contributed by atoms with van der Waals surface area (Å²) < 4.78 is 1.47. The standard InChI is InChI=1S/C13H9N7S2/c14-20-12(9-2-1-7-21-9)18-19-13(20)22-10-4-3-8-11(17-10)16-6-5-15-8/h1-7H,14H2. The molecule has 4 aromatic rings. The van der Waals surface area contributed by atoms with E-state index in [-0.39, 0.29) is 0 Å². The van der Waals surface area contributed by atoms with Crippen LogP contribution < -0.4 is 5.84 Å². The minimum absolute atomic E-state index is 0.569. The number of pyridine rings is 1. The predicted octanol–water partition coefficient (Wildman–Crippen LogP) is 2.21. The molecule has 0 aliphatic rings. The highest BCUT2D eigenvalue weighted by atomic mass is 32.2. The van der Waals surface area contributed by atoms with Gasteiger partial charge in [-0.3, -0.25) is 4.98 Å². The molecule has 0 amide bonds. The van der Waals surface area contributed by atoms with E-state index in [0.29, 0.717) is 16.6 Å². The van der Waals surface area contributed by atoms with Gasteiger partial charge in [0.05, 0.1) is 4.88 Å². The number of nitrogen functional groups attached to an aromatic ring is 1. The zero-order chi connectivity index (χ0) is 14.9. The molecule has 9 heteroatoms. The van der Waals surface area contributed by atoms with E-state index in [4.69, 9.17) is 5.84 Å². The first kappa shape index (κ1) is 13.2. The molecule has 0 saturated carbocycles. The third-order valence-corrected chi connectivity index (χ3v) is 4.67. The molecule has 0 aromatic carbocycles. The summed E-state index contributed by atoms with van der Waals surface area (Å²) in [5, 5.41) is 11.5. The average Bonchev–Trinajstić information content (AvgIpc) is 3.18. The molecule has 0 atom stereocenters. The van der Waals surface area contributed by atoms with Crippen LogP contribution in [0.2, 0.25) is 0 Å². The van der Waals surface area contributed by atoms with Crippen molar-refractivity contribution in [3.63, 3.8) is 0 Å². The molecule has 0 unspecified atom stereocenters. The fourth-order valence-corrected chi connectivity index (χ4v) is 3.34. The van der Waals surface area contributed by atoms with E-state index < -0.39 is 0 Å². The second-order valence-electron chi connectivity index (χ2n) is 4.30. The third-order valence-electron chi connectivity index (χ3n) is 2.91. The lowest BCUT2D eigenvalue weighted by atomic mass is 10.4. The number of nitrogens with two attached hydrogens (primary N) is 1. The molecule has 2 N–H and O–H groups in total. The fraction of sp³-hybridized carbons (Fsp3) is 0. The van der Waals surface area contributed by atoms with Crippen molar-refractivity contribution in [2.24, 2.45) is 0 Å². The van der Waals surface area contributed by atoms with E-state index in [1.807, 2.05) is 29.6 Å². The lowest BCUT2D eigenvalue weighted by Crippen LogP contribution is -2.11. The maximum atomic E-state index is 6.08. The molecule has 0 aliphatic heterocycles. The number of aromatic nitrogens is 6. The summed E-state index contributed by atoms with van der Waals surface area (Å²) in [6.45, 7) is 0. The second kappa shape index (κ2) is 5.35. The molecule has 0 spiro atoms. The predicted molar refractivity (Wildman–Crippen MR) is 84.9 cm³/mol. The SMILES string of the molecule is Nn1c(Sc2ccc3nccnc3n2)nnc1-c1cccs1. The van der Waals surface area contributed by atoms with Crippen LogP contribution in [0, 0.1) is 0 Å². The van der Waals surface area contributed by atoms with E-state index >= 15 is 0 Å². The Morgan fingerprint density at radius 1 is 1.09 bits per heavy atom. The summed E-state index contributed by atoms with van der Waals surface area (Å²) in [5.41, 5.74) is 1.34. The van der Waals surface area contributed by atoms with Crippen LogP contribution in [-0.2, 0) is 0 Å². The molecule has 108 valence electrons. The smallest absolute Gasteiger partial charge is 0.216 e. The van der Waals surface area contributed by atoms with Crippen LogP contribution in [-0.4, -0.2) is 29.8 Å². The van der Waals surface area contributed by atoms with Gasteiger partial charge in [0.25, 0.3) is 0 Å². The van der Waals surface area contributed by atoms with E-state index in [2.05, 4.69) is 25.1 Å². The van der Waals surface area contributed by atoms with Gasteiger partial charge in [-0.1, -0.05) is 6.07 Å². The largest absolute Gasteiger partial charge is 0.335 e. The summed E-state index contributed by atoms with van der Waals surface area (Å²) in [4.78, 5) is 13.8. The third kappa shape index (κ3) is 2.30. The van der Waals surface area contributed by atoms with Gasteiger partial charge in [-0.2, -0.15) is 0 Å². The fourth-order valence-electron chi connectivity index (χ4n) is 1.91. The topological polar surface area (TPSA) is 95.4 Å². The van der Waals surface area contributed by atoms with Gasteiger partial charge in [-0.15, -0.1) is 21.5 Å². The Kier molecular flexibility index (Phi) is 3.20. The number of nitrogens with zero attached hydrogens (tertiary/aromatic N) is 6. The number of thiophene rings is 1. The van der Waals surface area contributed by atoms with Gasteiger partial charge < -0.3 is 5.84 Å². The Balaban J connectivity index is 1.68. The lowest BCUT2D eigenvalue weighted by Gasteiger charge is -2.02. The molecular formula is C13H9N7S2. The molecule has 4 rings (SSSR count). The van der Waals surface area contributed by atoms with Crippen molar-refractivity contribution in [2.75, 3.05) is 5.84 Å². The Bertz CT molecular complexity index is 933. The Morgan fingerprint density at radius 3 is 2.86 bits per heavy atom. The lowest BCUT2D eigenvalue weighted by molar-refractivity contribution is 0.848. The van der Waals surface area contributed by atoms with E-state index in [1.165, 1.54) is 16.4 Å². The maximum absolute atomic E-state index is 6.08. The van der Waals surface area contributed by atoms with Crippen molar-refractivity contribution in [2.45, 2.75) is 10.2 Å². The van der Waals surface area contributed by atoms with E-state index in [9.17, 15) is 0 Å². The van der Waals surface area contributed by atoms with Gasteiger partial charge in [-0.05, 0) is 35.3 Å². The van der Waals surface area contributed by atoms with Gasteiger partial charge in [-0.25, -0.2) is 14.6 Å². The van der Waals surface area contributed by atoms with Crippen LogP contribution >= 0.6 is 23.1 Å². The van der Waals surface area contributed by atoms with Crippen LogP contribution in [0.15, 0.2) is 52.2 Å². The monoisotopic (exact) mass is 327 g/mol. The van der Waals surface area contributed by atoms with Crippen molar-refractivity contribution in [3.05, 3.63) is 42.0 Å². The Morgan fingerprint density at radius 2 is 2.00 bits per heavy atom. The Hall–Kier alpha value is -2.52. The minimum Gasteiger partial charge on any atom is -0.335 e. The molecule has 0 radical (unpaired) electrons. The quantitative estimate of drug-likeness (QED) is 0.576. The first-order valence-electron chi connectivity index (χ1n) is 6.31. The van der Waals surface area contributed by atoms with Crippen LogP contribution in [0.1, 0.15) is 0 Å². The molecule has 0 bridgehead atoms. The maximum Gasteiger partial charge on any atom is 0.216 e. The number of hydrogen-bond acceptors (Lipinski definition) is 8. The second-order valence-corrected chi connectivity index (χ2v) is 6.24. The highest BCUT2D eigenvalue weighted by Crippen LogP contribution is 2.28. The molecule has 0 aliphatic carbocycles.